The molecule has 120 valence electrons. The molecule has 2 rings (SSSR count). The van der Waals surface area contributed by atoms with E-state index in [1.807, 2.05) is 26.0 Å². The van der Waals surface area contributed by atoms with E-state index in [4.69, 9.17) is 11.6 Å². The summed E-state index contributed by atoms with van der Waals surface area (Å²) in [4.78, 5) is 11.7. The molecule has 1 aromatic carbocycles. The summed E-state index contributed by atoms with van der Waals surface area (Å²) in [5.41, 5.74) is 9.02. The molecule has 6 N–H and O–H groups in total. The highest BCUT2D eigenvalue weighted by Crippen LogP contribution is 2.20. The molecule has 0 aromatic heterocycles. The Morgan fingerprint density at radius 3 is 2.50 bits per heavy atom. The number of nitrogens with one attached hydrogen (secondary N) is 2. The first-order valence-electron chi connectivity index (χ1n) is 7.64. The first kappa shape index (κ1) is 16.3. The Balaban J connectivity index is 2.02. The summed E-state index contributed by atoms with van der Waals surface area (Å²) in [6, 6.07) is 7.75. The van der Waals surface area contributed by atoms with Gasteiger partial charge in [-0.2, -0.15) is 0 Å². The van der Waals surface area contributed by atoms with Gasteiger partial charge in [0.2, 0.25) is 0 Å². The zero-order chi connectivity index (χ0) is 16.1. The van der Waals surface area contributed by atoms with Gasteiger partial charge < -0.3 is 16.4 Å². The van der Waals surface area contributed by atoms with Crippen molar-refractivity contribution in [2.24, 2.45) is 11.6 Å². The van der Waals surface area contributed by atoms with Gasteiger partial charge in [-0.25, -0.2) is 5.84 Å². The summed E-state index contributed by atoms with van der Waals surface area (Å²) in [5.74, 6) is 6.03. The molecule has 22 heavy (non-hydrogen) atoms. The lowest BCUT2D eigenvalue weighted by Gasteiger charge is -2.22. The molecule has 0 aliphatic heterocycles. The summed E-state index contributed by atoms with van der Waals surface area (Å²) in [7, 11) is 0. The number of hydrazine groups is 1. The Bertz CT molecular complexity index is 548. The second-order valence-electron chi connectivity index (χ2n) is 5.54. The van der Waals surface area contributed by atoms with Crippen molar-refractivity contribution in [3.05, 3.63) is 41.2 Å². The van der Waals surface area contributed by atoms with Crippen molar-refractivity contribution >= 4 is 11.6 Å². The van der Waals surface area contributed by atoms with Gasteiger partial charge in [0.05, 0.1) is 11.4 Å². The maximum atomic E-state index is 11.7. The van der Waals surface area contributed by atoms with E-state index in [2.05, 4.69) is 10.6 Å². The van der Waals surface area contributed by atoms with E-state index in [-0.39, 0.29) is 5.91 Å². The predicted octanol–water partition coefficient (Wildman–Crippen LogP) is 1.06. The van der Waals surface area contributed by atoms with Crippen LogP contribution >= 0.6 is 0 Å². The number of allylic oxidation sites excluding steroid dienone is 1. The van der Waals surface area contributed by atoms with Gasteiger partial charge >= 0.3 is 0 Å². The molecule has 0 atom stereocenters. The lowest BCUT2D eigenvalue weighted by molar-refractivity contribution is 0.0956. The van der Waals surface area contributed by atoms with Crippen molar-refractivity contribution in [3.63, 3.8) is 0 Å². The predicted molar refractivity (Wildman–Crippen MR) is 89.0 cm³/mol. The van der Waals surface area contributed by atoms with Crippen molar-refractivity contribution in [2.75, 3.05) is 18.1 Å². The minimum atomic E-state index is -0.0852. The van der Waals surface area contributed by atoms with Crippen LogP contribution in [0.1, 0.15) is 37.0 Å². The summed E-state index contributed by atoms with van der Waals surface area (Å²) in [6.45, 7) is 5.03. The number of carbonyl (C=O) groups excluding carboxylic acids is 1. The maximum Gasteiger partial charge on any atom is 0.251 e. The van der Waals surface area contributed by atoms with Crippen LogP contribution in [0.5, 0.6) is 0 Å². The molecule has 1 saturated carbocycles. The lowest BCUT2D eigenvalue weighted by atomic mass is 10.2. The smallest absolute Gasteiger partial charge is 0.251 e. The van der Waals surface area contributed by atoms with Crippen molar-refractivity contribution < 1.29 is 4.79 Å². The number of amides is 1. The Morgan fingerprint density at radius 1 is 1.32 bits per heavy atom. The molecule has 6 nitrogen and oxygen atoms in total. The van der Waals surface area contributed by atoms with Gasteiger partial charge in [0.1, 0.15) is 0 Å². The topological polar surface area (TPSA) is 96.4 Å². The number of carbonyl (C=O) groups is 1. The Kier molecular flexibility index (Phi) is 5.41. The van der Waals surface area contributed by atoms with Gasteiger partial charge in [-0.1, -0.05) is 0 Å². The number of benzene rings is 1. The number of hydrogen-bond donors (Lipinski definition) is 4. The monoisotopic (exact) mass is 303 g/mol. The minimum absolute atomic E-state index is 0.0852. The minimum Gasteiger partial charge on any atom is -0.400 e. The summed E-state index contributed by atoms with van der Waals surface area (Å²) >= 11 is 0. The largest absolute Gasteiger partial charge is 0.400 e. The van der Waals surface area contributed by atoms with Crippen LogP contribution in [0.2, 0.25) is 0 Å². The molecule has 0 saturated heterocycles. The molecule has 1 aliphatic carbocycles. The van der Waals surface area contributed by atoms with E-state index >= 15 is 0 Å². The fourth-order valence-corrected chi connectivity index (χ4v) is 2.05. The molecule has 1 amide bonds. The van der Waals surface area contributed by atoms with Crippen LogP contribution in [0.25, 0.3) is 0 Å². The van der Waals surface area contributed by atoms with E-state index in [9.17, 15) is 4.79 Å². The normalized spacial score (nSPS) is 15.2. The molecular weight excluding hydrogens is 278 g/mol. The van der Waals surface area contributed by atoms with Crippen molar-refractivity contribution in [1.82, 2.24) is 10.6 Å². The van der Waals surface area contributed by atoms with Crippen LogP contribution in [-0.2, 0) is 0 Å². The molecule has 0 spiro atoms. The molecule has 1 fully saturated rings. The fraction of sp³-hybridized carbons (Fsp3) is 0.438. The van der Waals surface area contributed by atoms with Gasteiger partial charge in [-0.15, -0.1) is 0 Å². The molecule has 6 heteroatoms. The fourth-order valence-electron chi connectivity index (χ4n) is 2.05. The summed E-state index contributed by atoms with van der Waals surface area (Å²) in [5, 5.41) is 7.67. The highest BCUT2D eigenvalue weighted by Gasteiger charge is 2.20. The van der Waals surface area contributed by atoms with E-state index < -0.39 is 0 Å². The van der Waals surface area contributed by atoms with Crippen LogP contribution in [0, 0.1) is 0 Å². The number of nitrogens with zero attached hydrogens (tertiary/aromatic N) is 1. The maximum absolute atomic E-state index is 11.7. The van der Waals surface area contributed by atoms with Crippen LogP contribution < -0.4 is 27.2 Å². The van der Waals surface area contributed by atoms with Crippen LogP contribution in [0.3, 0.4) is 0 Å². The van der Waals surface area contributed by atoms with Gasteiger partial charge in [0.15, 0.2) is 0 Å². The number of anilines is 1. The van der Waals surface area contributed by atoms with E-state index in [1.165, 1.54) is 12.8 Å². The third kappa shape index (κ3) is 4.22. The SMILES string of the molecule is CCNC(=O)c1ccc(N(N)/C(C)=C(\N)CNC2CC2)cc1. The average molecular weight is 303 g/mol. The Labute approximate surface area is 131 Å². The quantitative estimate of drug-likeness (QED) is 0.446. The Morgan fingerprint density at radius 2 is 1.95 bits per heavy atom. The number of rotatable bonds is 7. The Hall–Kier alpha value is -2.05. The molecule has 1 aromatic rings. The third-order valence-corrected chi connectivity index (χ3v) is 3.73. The zero-order valence-electron chi connectivity index (χ0n) is 13.2. The molecule has 0 heterocycles. The van der Waals surface area contributed by atoms with Gasteiger partial charge in [0, 0.05) is 30.4 Å². The third-order valence-electron chi connectivity index (χ3n) is 3.73. The van der Waals surface area contributed by atoms with E-state index in [0.29, 0.717) is 24.7 Å². The van der Waals surface area contributed by atoms with Crippen LogP contribution in [0.4, 0.5) is 5.69 Å². The van der Waals surface area contributed by atoms with Crippen molar-refractivity contribution in [3.8, 4) is 0 Å². The lowest BCUT2D eigenvalue weighted by Crippen LogP contribution is -2.34. The first-order valence-corrected chi connectivity index (χ1v) is 7.64. The highest BCUT2D eigenvalue weighted by molar-refractivity contribution is 5.94. The standard InChI is InChI=1S/C16H25N5O/c1-3-19-16(22)12-4-8-14(9-5-12)21(18)11(2)15(17)10-20-13-6-7-13/h4-5,8-9,13,20H,3,6-7,10,17-18H2,1-2H3,(H,19,22)/b15-11-. The van der Waals surface area contributed by atoms with Crippen molar-refractivity contribution in [1.29, 1.82) is 0 Å². The van der Waals surface area contributed by atoms with E-state index in [1.54, 1.807) is 17.1 Å². The van der Waals surface area contributed by atoms with Gasteiger partial charge in [0.25, 0.3) is 5.91 Å². The van der Waals surface area contributed by atoms with Gasteiger partial charge in [-0.05, 0) is 51.0 Å². The zero-order valence-corrected chi connectivity index (χ0v) is 13.2. The van der Waals surface area contributed by atoms with Gasteiger partial charge in [-0.3, -0.25) is 9.80 Å². The molecular formula is C16H25N5O. The summed E-state index contributed by atoms with van der Waals surface area (Å²) < 4.78 is 0. The van der Waals surface area contributed by atoms with Crippen LogP contribution in [0.15, 0.2) is 35.7 Å². The molecule has 0 unspecified atom stereocenters. The summed E-state index contributed by atoms with van der Waals surface area (Å²) in [6.07, 6.45) is 2.44. The average Bonchev–Trinajstić information content (AvgIpc) is 3.36. The highest BCUT2D eigenvalue weighted by atomic mass is 16.1. The second kappa shape index (κ2) is 7.29. The first-order chi connectivity index (χ1) is 10.5. The number of hydrogen-bond acceptors (Lipinski definition) is 5. The molecule has 0 bridgehead atoms. The van der Waals surface area contributed by atoms with E-state index in [0.717, 1.165) is 17.1 Å². The van der Waals surface area contributed by atoms with Crippen LogP contribution in [-0.4, -0.2) is 25.0 Å². The molecule has 1 aliphatic rings. The molecule has 0 radical (unpaired) electrons. The second-order valence-corrected chi connectivity index (χ2v) is 5.54. The number of nitrogens with two attached hydrogens (primary N) is 2. The van der Waals surface area contributed by atoms with Crippen molar-refractivity contribution in [2.45, 2.75) is 32.7 Å².